The zero-order valence-corrected chi connectivity index (χ0v) is 13.9. The second kappa shape index (κ2) is 7.71. The summed E-state index contributed by atoms with van der Waals surface area (Å²) in [6, 6.07) is 10.2. The summed E-state index contributed by atoms with van der Waals surface area (Å²) in [6.45, 7) is 10.4. The molecule has 0 saturated heterocycles. The van der Waals surface area contributed by atoms with Gasteiger partial charge in [-0.3, -0.25) is 4.79 Å². The zero-order valence-electron chi connectivity index (χ0n) is 13.9. The molecule has 21 heavy (non-hydrogen) atoms. The summed E-state index contributed by atoms with van der Waals surface area (Å²) in [5.41, 5.74) is 0.395. The van der Waals surface area contributed by atoms with E-state index in [1.54, 1.807) is 0 Å². The maximum absolute atomic E-state index is 11.1. The van der Waals surface area contributed by atoms with Gasteiger partial charge in [0.2, 0.25) is 0 Å². The third-order valence-electron chi connectivity index (χ3n) is 4.13. The first kappa shape index (κ1) is 17.9. The van der Waals surface area contributed by atoms with E-state index in [1.165, 1.54) is 6.92 Å². The average molecular weight is 292 g/mol. The van der Waals surface area contributed by atoms with Gasteiger partial charge in [0.05, 0.1) is 17.8 Å². The maximum atomic E-state index is 11.1. The van der Waals surface area contributed by atoms with Gasteiger partial charge in [-0.05, 0) is 39.2 Å². The molecule has 0 heterocycles. The number of carbonyl (C=O) groups excluding carboxylic acids is 1. The summed E-state index contributed by atoms with van der Waals surface area (Å²) in [5, 5.41) is 0. The van der Waals surface area contributed by atoms with E-state index in [1.807, 2.05) is 25.1 Å². The molecule has 0 aliphatic rings. The van der Waals surface area contributed by atoms with Crippen LogP contribution in [-0.4, -0.2) is 24.6 Å². The Bertz CT molecular complexity index is 443. The number of hydrogen-bond acceptors (Lipinski definition) is 3. The van der Waals surface area contributed by atoms with E-state index in [0.717, 1.165) is 18.4 Å². The van der Waals surface area contributed by atoms with Crippen LogP contribution in [0.1, 0.15) is 53.0 Å². The van der Waals surface area contributed by atoms with E-state index in [2.05, 4.69) is 32.9 Å². The fourth-order valence-corrected chi connectivity index (χ4v) is 2.01. The van der Waals surface area contributed by atoms with Crippen molar-refractivity contribution in [3.63, 3.8) is 0 Å². The molecule has 0 radical (unpaired) electrons. The number of rotatable bonds is 9. The molecule has 2 unspecified atom stereocenters. The second-order valence-corrected chi connectivity index (χ2v) is 6.03. The van der Waals surface area contributed by atoms with Crippen molar-refractivity contribution in [3.05, 3.63) is 35.9 Å². The topological polar surface area (TPSA) is 35.5 Å². The van der Waals surface area contributed by atoms with Crippen LogP contribution in [0.5, 0.6) is 0 Å². The van der Waals surface area contributed by atoms with E-state index in [9.17, 15) is 4.79 Å². The van der Waals surface area contributed by atoms with Crippen molar-refractivity contribution in [2.24, 2.45) is 0 Å². The van der Waals surface area contributed by atoms with Gasteiger partial charge in [0.15, 0.2) is 5.78 Å². The molecule has 0 N–H and O–H groups in total. The van der Waals surface area contributed by atoms with Crippen LogP contribution in [0.15, 0.2) is 30.3 Å². The first-order chi connectivity index (χ1) is 9.85. The molecule has 3 heteroatoms. The predicted octanol–water partition coefficient (Wildman–Crippen LogP) is 4.10. The largest absolute Gasteiger partial charge is 0.368 e. The molecule has 0 fully saturated rings. The Morgan fingerprint density at radius 3 is 2.14 bits per heavy atom. The minimum atomic E-state index is -0.434. The second-order valence-electron chi connectivity index (χ2n) is 6.03. The average Bonchev–Trinajstić information content (AvgIpc) is 2.51. The third-order valence-corrected chi connectivity index (χ3v) is 4.13. The van der Waals surface area contributed by atoms with Crippen molar-refractivity contribution in [1.82, 2.24) is 0 Å². The van der Waals surface area contributed by atoms with Crippen molar-refractivity contribution in [2.45, 2.75) is 58.7 Å². The highest BCUT2D eigenvalue weighted by Gasteiger charge is 2.31. The van der Waals surface area contributed by atoms with Crippen molar-refractivity contribution >= 4 is 5.78 Å². The van der Waals surface area contributed by atoms with Crippen LogP contribution in [0.4, 0.5) is 0 Å². The Kier molecular flexibility index (Phi) is 6.56. The number of ketones is 1. The molecule has 0 saturated carbocycles. The van der Waals surface area contributed by atoms with Gasteiger partial charge in [-0.25, -0.2) is 0 Å². The minimum absolute atomic E-state index is 0.0380. The Balaban J connectivity index is 2.75. The van der Waals surface area contributed by atoms with Gasteiger partial charge in [-0.15, -0.1) is 0 Å². The Morgan fingerprint density at radius 1 is 1.05 bits per heavy atom. The molecule has 0 aliphatic carbocycles. The van der Waals surface area contributed by atoms with Crippen LogP contribution in [0, 0.1) is 0 Å². The van der Waals surface area contributed by atoms with Gasteiger partial charge in [0, 0.05) is 0 Å². The fraction of sp³-hybridized carbons (Fsp3) is 0.611. The third kappa shape index (κ3) is 5.25. The minimum Gasteiger partial charge on any atom is -0.368 e. The molecule has 0 amide bonds. The SMILES string of the molecule is CCC(C)(COC(C)(CC)c1ccccc1)OCC(C)=O. The van der Waals surface area contributed by atoms with Crippen molar-refractivity contribution in [3.8, 4) is 0 Å². The Hall–Kier alpha value is -1.19. The molecule has 3 nitrogen and oxygen atoms in total. The summed E-state index contributed by atoms with van der Waals surface area (Å²) < 4.78 is 12.0. The maximum Gasteiger partial charge on any atom is 0.155 e. The highest BCUT2D eigenvalue weighted by atomic mass is 16.6. The van der Waals surface area contributed by atoms with Crippen LogP contribution in [0.25, 0.3) is 0 Å². The summed E-state index contributed by atoms with van der Waals surface area (Å²) >= 11 is 0. The van der Waals surface area contributed by atoms with Gasteiger partial charge in [0.25, 0.3) is 0 Å². The lowest BCUT2D eigenvalue weighted by Gasteiger charge is -2.35. The highest BCUT2D eigenvalue weighted by molar-refractivity contribution is 5.76. The van der Waals surface area contributed by atoms with Crippen molar-refractivity contribution < 1.29 is 14.3 Å². The summed E-state index contributed by atoms with van der Waals surface area (Å²) in [7, 11) is 0. The lowest BCUT2D eigenvalue weighted by atomic mass is 9.92. The number of hydrogen-bond donors (Lipinski definition) is 0. The molecule has 118 valence electrons. The molecule has 1 aromatic carbocycles. The molecule has 1 aromatic rings. The summed E-state index contributed by atoms with van der Waals surface area (Å²) in [4.78, 5) is 11.1. The smallest absolute Gasteiger partial charge is 0.155 e. The zero-order chi connectivity index (χ0) is 15.9. The molecular weight excluding hydrogens is 264 g/mol. The predicted molar refractivity (Wildman–Crippen MR) is 85.4 cm³/mol. The van der Waals surface area contributed by atoms with E-state index in [0.29, 0.717) is 6.61 Å². The van der Waals surface area contributed by atoms with Crippen LogP contribution in [-0.2, 0) is 19.9 Å². The van der Waals surface area contributed by atoms with Crippen LogP contribution >= 0.6 is 0 Å². The van der Waals surface area contributed by atoms with Crippen molar-refractivity contribution in [2.75, 3.05) is 13.2 Å². The van der Waals surface area contributed by atoms with Crippen LogP contribution < -0.4 is 0 Å². The highest BCUT2D eigenvalue weighted by Crippen LogP contribution is 2.31. The van der Waals surface area contributed by atoms with Crippen molar-refractivity contribution in [1.29, 1.82) is 0 Å². The monoisotopic (exact) mass is 292 g/mol. The van der Waals surface area contributed by atoms with Gasteiger partial charge >= 0.3 is 0 Å². The molecule has 1 rings (SSSR count). The van der Waals surface area contributed by atoms with E-state index in [4.69, 9.17) is 9.47 Å². The molecule has 0 aromatic heterocycles. The standard InChI is InChI=1S/C18H28O3/c1-6-17(4,20-13-15(3)19)14-21-18(5,7-2)16-11-9-8-10-12-16/h8-12H,6-7,13-14H2,1-5H3. The van der Waals surface area contributed by atoms with Gasteiger partial charge in [0.1, 0.15) is 6.61 Å². The first-order valence-electron chi connectivity index (χ1n) is 7.68. The quantitative estimate of drug-likeness (QED) is 0.687. The molecular formula is C18H28O3. The van der Waals surface area contributed by atoms with E-state index < -0.39 is 5.60 Å². The van der Waals surface area contributed by atoms with Gasteiger partial charge < -0.3 is 9.47 Å². The number of ether oxygens (including phenoxy) is 2. The molecule has 0 spiro atoms. The van der Waals surface area contributed by atoms with E-state index >= 15 is 0 Å². The number of benzene rings is 1. The van der Waals surface area contributed by atoms with E-state index in [-0.39, 0.29) is 18.0 Å². The lowest BCUT2D eigenvalue weighted by molar-refractivity contribution is -0.149. The summed E-state index contributed by atoms with van der Waals surface area (Å²) in [6.07, 6.45) is 1.68. The first-order valence-corrected chi connectivity index (χ1v) is 7.68. The van der Waals surface area contributed by atoms with Gasteiger partial charge in [-0.1, -0.05) is 44.2 Å². The van der Waals surface area contributed by atoms with Crippen LogP contribution in [0.3, 0.4) is 0 Å². The van der Waals surface area contributed by atoms with Gasteiger partial charge in [-0.2, -0.15) is 0 Å². The Labute approximate surface area is 128 Å². The molecule has 0 aliphatic heterocycles. The fourth-order valence-electron chi connectivity index (χ4n) is 2.01. The summed E-state index contributed by atoms with van der Waals surface area (Å²) in [5.74, 6) is 0.0380. The normalized spacial score (nSPS) is 17.0. The number of carbonyl (C=O) groups is 1. The number of Topliss-reactive ketones (excluding diaryl/α,β-unsaturated/α-hetero) is 1. The van der Waals surface area contributed by atoms with Crippen LogP contribution in [0.2, 0.25) is 0 Å². The Morgan fingerprint density at radius 2 is 1.67 bits per heavy atom. The molecule has 2 atom stereocenters. The molecule has 0 bridgehead atoms. The lowest BCUT2D eigenvalue weighted by Crippen LogP contribution is -2.39.